The third kappa shape index (κ3) is 2.14. The van der Waals surface area contributed by atoms with E-state index in [1.165, 1.54) is 6.42 Å². The molecule has 124 valence electrons. The van der Waals surface area contributed by atoms with E-state index in [0.29, 0.717) is 17.5 Å². The minimum absolute atomic E-state index is 0.0127. The molecule has 0 bridgehead atoms. The number of amides is 1. The summed E-state index contributed by atoms with van der Waals surface area (Å²) >= 11 is 3.40. The predicted molar refractivity (Wildman–Crippen MR) is 90.1 cm³/mol. The normalized spacial score (nSPS) is 25.1. The standard InChI is InChI=1S/C17H17BrN4O2/c18-10-1-2-13(19-7-10)22-15-11-5-9(11)6-12(15)14(21-22)16(24)20-17(8-23)3-4-17/h1-2,7,9,11,23H,3-6,8H2,(H,20,24)/t9-,11-/m1/s1. The number of hydrogen-bond acceptors (Lipinski definition) is 4. The SMILES string of the molecule is O=C(NC1(CO)CC1)c1nn(-c2ccc(Br)cn2)c2c1C[C@H]1C[C@@H]21. The molecule has 0 spiro atoms. The Morgan fingerprint density at radius 3 is 2.96 bits per heavy atom. The van der Waals surface area contributed by atoms with Gasteiger partial charge in [-0.25, -0.2) is 9.67 Å². The van der Waals surface area contributed by atoms with Crippen LogP contribution in [0.4, 0.5) is 0 Å². The fourth-order valence-electron chi connectivity index (χ4n) is 3.74. The van der Waals surface area contributed by atoms with Gasteiger partial charge in [-0.05, 0) is 59.7 Å². The van der Waals surface area contributed by atoms with E-state index in [2.05, 4.69) is 31.3 Å². The Morgan fingerprint density at radius 1 is 1.46 bits per heavy atom. The van der Waals surface area contributed by atoms with Gasteiger partial charge in [-0.2, -0.15) is 5.10 Å². The van der Waals surface area contributed by atoms with Gasteiger partial charge in [-0.15, -0.1) is 0 Å². The lowest BCUT2D eigenvalue weighted by Gasteiger charge is -2.13. The summed E-state index contributed by atoms with van der Waals surface area (Å²) in [7, 11) is 0. The Labute approximate surface area is 147 Å². The van der Waals surface area contributed by atoms with Crippen LogP contribution in [-0.4, -0.2) is 37.9 Å². The van der Waals surface area contributed by atoms with E-state index >= 15 is 0 Å². The molecular formula is C17H17BrN4O2. The average molecular weight is 389 g/mol. The lowest BCUT2D eigenvalue weighted by atomic mass is 10.1. The van der Waals surface area contributed by atoms with E-state index in [9.17, 15) is 9.90 Å². The molecule has 0 unspecified atom stereocenters. The molecule has 2 fully saturated rings. The summed E-state index contributed by atoms with van der Waals surface area (Å²) < 4.78 is 2.75. The largest absolute Gasteiger partial charge is 0.394 e. The third-order valence-corrected chi connectivity index (χ3v) is 5.91. The summed E-state index contributed by atoms with van der Waals surface area (Å²) in [6, 6.07) is 3.84. The predicted octanol–water partition coefficient (Wildman–Crippen LogP) is 1.94. The molecular weight excluding hydrogens is 372 g/mol. The van der Waals surface area contributed by atoms with E-state index in [-0.39, 0.29) is 12.5 Å². The van der Waals surface area contributed by atoms with Crippen LogP contribution in [0.3, 0.4) is 0 Å². The van der Waals surface area contributed by atoms with Crippen molar-refractivity contribution in [2.24, 2.45) is 5.92 Å². The molecule has 2 N–H and O–H groups in total. The molecule has 2 aromatic rings. The zero-order valence-corrected chi connectivity index (χ0v) is 14.6. The van der Waals surface area contributed by atoms with Crippen molar-refractivity contribution in [1.82, 2.24) is 20.1 Å². The summed E-state index contributed by atoms with van der Waals surface area (Å²) in [5, 5.41) is 17.0. The maximum absolute atomic E-state index is 12.7. The molecule has 0 saturated heterocycles. The number of aromatic nitrogens is 3. The Hall–Kier alpha value is -1.73. The van der Waals surface area contributed by atoms with Crippen molar-refractivity contribution in [3.05, 3.63) is 39.8 Å². The van der Waals surface area contributed by atoms with Gasteiger partial charge in [-0.1, -0.05) is 0 Å². The number of carbonyl (C=O) groups excluding carboxylic acids is 1. The molecule has 1 amide bonds. The summed E-state index contributed by atoms with van der Waals surface area (Å²) in [5.41, 5.74) is 2.29. The molecule has 2 heterocycles. The molecule has 0 aliphatic heterocycles. The number of hydrogen-bond donors (Lipinski definition) is 2. The zero-order chi connectivity index (χ0) is 16.5. The van der Waals surface area contributed by atoms with E-state index in [1.807, 2.05) is 16.8 Å². The number of nitrogens with zero attached hydrogens (tertiary/aromatic N) is 3. The minimum Gasteiger partial charge on any atom is -0.394 e. The second-order valence-electron chi connectivity index (χ2n) is 7.16. The van der Waals surface area contributed by atoms with Crippen molar-refractivity contribution in [2.45, 2.75) is 37.1 Å². The number of pyridine rings is 1. The Bertz CT molecular complexity index is 841. The van der Waals surface area contributed by atoms with Crippen molar-refractivity contribution < 1.29 is 9.90 Å². The second kappa shape index (κ2) is 4.89. The van der Waals surface area contributed by atoms with Crippen LogP contribution in [0.15, 0.2) is 22.8 Å². The summed E-state index contributed by atoms with van der Waals surface area (Å²) in [6.45, 7) is -0.0127. The monoisotopic (exact) mass is 388 g/mol. The highest BCUT2D eigenvalue weighted by molar-refractivity contribution is 9.10. The fourth-order valence-corrected chi connectivity index (χ4v) is 3.97. The van der Waals surface area contributed by atoms with E-state index in [4.69, 9.17) is 0 Å². The number of carbonyl (C=O) groups is 1. The lowest BCUT2D eigenvalue weighted by Crippen LogP contribution is -2.40. The Balaban J connectivity index is 1.55. The van der Waals surface area contributed by atoms with Gasteiger partial charge >= 0.3 is 0 Å². The van der Waals surface area contributed by atoms with Crippen LogP contribution in [0.25, 0.3) is 5.82 Å². The van der Waals surface area contributed by atoms with Crippen LogP contribution in [0.5, 0.6) is 0 Å². The Kier molecular flexibility index (Phi) is 2.98. The first-order valence-corrected chi connectivity index (χ1v) is 9.07. The minimum atomic E-state index is -0.425. The van der Waals surface area contributed by atoms with E-state index in [1.54, 1.807) is 6.20 Å². The van der Waals surface area contributed by atoms with Crippen LogP contribution in [-0.2, 0) is 6.42 Å². The highest BCUT2D eigenvalue weighted by atomic mass is 79.9. The topological polar surface area (TPSA) is 80.0 Å². The zero-order valence-electron chi connectivity index (χ0n) is 13.0. The van der Waals surface area contributed by atoms with Gasteiger partial charge < -0.3 is 10.4 Å². The fraction of sp³-hybridized carbons (Fsp3) is 0.471. The number of nitrogens with one attached hydrogen (secondary N) is 1. The molecule has 2 aromatic heterocycles. The van der Waals surface area contributed by atoms with Crippen molar-refractivity contribution >= 4 is 21.8 Å². The van der Waals surface area contributed by atoms with E-state index in [0.717, 1.165) is 40.8 Å². The van der Waals surface area contributed by atoms with Crippen LogP contribution in [0, 0.1) is 5.92 Å². The average Bonchev–Trinajstić information content (AvgIpc) is 3.45. The van der Waals surface area contributed by atoms with Gasteiger partial charge in [0, 0.05) is 22.2 Å². The molecule has 3 aliphatic carbocycles. The Morgan fingerprint density at radius 2 is 2.29 bits per heavy atom. The van der Waals surface area contributed by atoms with Gasteiger partial charge in [-0.3, -0.25) is 4.79 Å². The number of aliphatic hydroxyl groups is 1. The maximum Gasteiger partial charge on any atom is 0.272 e. The smallest absolute Gasteiger partial charge is 0.272 e. The first-order chi connectivity index (χ1) is 11.6. The van der Waals surface area contributed by atoms with Gasteiger partial charge in [0.25, 0.3) is 5.91 Å². The highest BCUT2D eigenvalue weighted by Crippen LogP contribution is 2.57. The molecule has 7 heteroatoms. The van der Waals surface area contributed by atoms with Crippen LogP contribution in [0.2, 0.25) is 0 Å². The molecule has 3 aliphatic rings. The molecule has 0 aromatic carbocycles. The molecule has 5 rings (SSSR count). The quantitative estimate of drug-likeness (QED) is 0.838. The van der Waals surface area contributed by atoms with Crippen molar-refractivity contribution in [2.75, 3.05) is 6.61 Å². The van der Waals surface area contributed by atoms with E-state index < -0.39 is 5.54 Å². The molecule has 0 radical (unpaired) electrons. The highest BCUT2D eigenvalue weighted by Gasteiger charge is 2.51. The number of fused-ring (bicyclic) bond motifs is 3. The van der Waals surface area contributed by atoms with Crippen LogP contribution < -0.4 is 5.32 Å². The van der Waals surface area contributed by atoms with Crippen LogP contribution >= 0.6 is 15.9 Å². The van der Waals surface area contributed by atoms with Gasteiger partial charge in [0.15, 0.2) is 11.5 Å². The van der Waals surface area contributed by atoms with Crippen molar-refractivity contribution in [1.29, 1.82) is 0 Å². The number of rotatable bonds is 4. The first-order valence-electron chi connectivity index (χ1n) is 8.27. The molecule has 2 saturated carbocycles. The summed E-state index contributed by atoms with van der Waals surface area (Å²) in [5.74, 6) is 1.73. The second-order valence-corrected chi connectivity index (χ2v) is 8.07. The number of aliphatic hydroxyl groups excluding tert-OH is 1. The van der Waals surface area contributed by atoms with Gasteiger partial charge in [0.1, 0.15) is 0 Å². The number of halogens is 1. The van der Waals surface area contributed by atoms with Crippen molar-refractivity contribution in [3.63, 3.8) is 0 Å². The molecule has 6 nitrogen and oxygen atoms in total. The maximum atomic E-state index is 12.7. The first kappa shape index (κ1) is 14.6. The van der Waals surface area contributed by atoms with Crippen molar-refractivity contribution in [3.8, 4) is 5.82 Å². The molecule has 24 heavy (non-hydrogen) atoms. The van der Waals surface area contributed by atoms with Gasteiger partial charge in [0.05, 0.1) is 17.8 Å². The lowest BCUT2D eigenvalue weighted by molar-refractivity contribution is 0.0900. The third-order valence-electron chi connectivity index (χ3n) is 5.44. The van der Waals surface area contributed by atoms with Crippen LogP contribution in [0.1, 0.15) is 46.9 Å². The van der Waals surface area contributed by atoms with Gasteiger partial charge in [0.2, 0.25) is 0 Å². The molecule has 2 atom stereocenters. The summed E-state index contributed by atoms with van der Waals surface area (Å²) in [6.07, 6.45) is 5.50. The summed E-state index contributed by atoms with van der Waals surface area (Å²) in [4.78, 5) is 17.1.